The Morgan fingerprint density at radius 3 is 2.76 bits per heavy atom. The topological polar surface area (TPSA) is 102 Å². The lowest BCUT2D eigenvalue weighted by Gasteiger charge is -2.35. The first-order valence-electron chi connectivity index (χ1n) is 10.5. The van der Waals surface area contributed by atoms with Gasteiger partial charge in [-0.3, -0.25) is 14.3 Å². The Balaban J connectivity index is 1.80. The third kappa shape index (κ3) is 3.25. The van der Waals surface area contributed by atoms with Crippen LogP contribution >= 0.6 is 12.2 Å². The normalized spacial score (nSPS) is 18.6. The lowest BCUT2D eigenvalue weighted by molar-refractivity contribution is -0.908. The number of fused-ring (bicyclic) bond motifs is 2. The molecular formula is C23H23N3O6S. The summed E-state index contributed by atoms with van der Waals surface area (Å²) in [4.78, 5) is 16.9. The van der Waals surface area contributed by atoms with Crippen LogP contribution in [-0.2, 0) is 6.42 Å². The highest BCUT2D eigenvalue weighted by molar-refractivity contribution is 7.71. The number of methoxy groups -OCH3 is 2. The lowest BCUT2D eigenvalue weighted by Crippen LogP contribution is -3.10. The van der Waals surface area contributed by atoms with Crippen molar-refractivity contribution >= 4 is 12.2 Å². The zero-order chi connectivity index (χ0) is 23.3. The van der Waals surface area contributed by atoms with Gasteiger partial charge in [0, 0.05) is 6.42 Å². The van der Waals surface area contributed by atoms with E-state index in [1.807, 2.05) is 13.1 Å². The van der Waals surface area contributed by atoms with Gasteiger partial charge in [0.05, 0.1) is 44.6 Å². The number of hydrogen-bond donors (Lipinski definition) is 2. The number of ether oxygens (including phenoxy) is 4. The van der Waals surface area contributed by atoms with E-state index in [-0.39, 0.29) is 17.1 Å². The molecule has 2 atom stereocenters. The van der Waals surface area contributed by atoms with Crippen molar-refractivity contribution in [3.63, 3.8) is 0 Å². The molecule has 9 nitrogen and oxygen atoms in total. The number of likely N-dealkylation sites (N-methyl/N-ethyl adjacent to an activating group) is 1. The van der Waals surface area contributed by atoms with Crippen molar-refractivity contribution in [1.29, 1.82) is 0 Å². The number of benzene rings is 2. The maximum Gasteiger partial charge on any atom is 0.260 e. The minimum atomic E-state index is -0.592. The van der Waals surface area contributed by atoms with Gasteiger partial charge in [0.1, 0.15) is 11.8 Å². The van der Waals surface area contributed by atoms with Crippen LogP contribution in [0.4, 0.5) is 0 Å². The molecule has 2 N–H and O–H groups in total. The van der Waals surface area contributed by atoms with Crippen molar-refractivity contribution in [2.75, 3.05) is 34.6 Å². The fourth-order valence-electron chi connectivity index (χ4n) is 4.73. The molecule has 3 aromatic rings. The molecule has 10 heteroatoms. The maximum absolute atomic E-state index is 13.9. The number of rotatable bonds is 4. The van der Waals surface area contributed by atoms with E-state index in [2.05, 4.69) is 4.98 Å². The molecule has 0 fully saturated rings. The minimum absolute atomic E-state index is 0.00425. The summed E-state index contributed by atoms with van der Waals surface area (Å²) in [5, 5.41) is 13.9. The molecule has 33 heavy (non-hydrogen) atoms. The Morgan fingerprint density at radius 2 is 2.00 bits per heavy atom. The van der Waals surface area contributed by atoms with Crippen molar-refractivity contribution in [3.05, 3.63) is 62.1 Å². The van der Waals surface area contributed by atoms with Gasteiger partial charge >= 0.3 is 0 Å². The summed E-state index contributed by atoms with van der Waals surface area (Å²) in [5.74, 6) is 1.54. The van der Waals surface area contributed by atoms with E-state index in [0.717, 1.165) is 22.4 Å². The summed E-state index contributed by atoms with van der Waals surface area (Å²) in [7, 11) is 5.01. The van der Waals surface area contributed by atoms with Crippen LogP contribution in [0.3, 0.4) is 0 Å². The summed E-state index contributed by atoms with van der Waals surface area (Å²) < 4.78 is 23.7. The fourth-order valence-corrected chi connectivity index (χ4v) is 5.01. The summed E-state index contributed by atoms with van der Waals surface area (Å²) in [6.07, 6.45) is 0.738. The largest absolute Gasteiger partial charge is 0.859 e. The average Bonchev–Trinajstić information content (AvgIpc) is 3.27. The Labute approximate surface area is 194 Å². The summed E-state index contributed by atoms with van der Waals surface area (Å²) in [6, 6.07) is 8.35. The molecule has 1 unspecified atom stereocenters. The molecule has 0 spiro atoms. The second kappa shape index (κ2) is 8.13. The molecule has 0 saturated carbocycles. The third-order valence-corrected chi connectivity index (χ3v) is 6.52. The second-order valence-electron chi connectivity index (χ2n) is 7.98. The van der Waals surface area contributed by atoms with E-state index in [4.69, 9.17) is 31.2 Å². The maximum atomic E-state index is 13.9. The number of hydrogen-bond acceptors (Lipinski definition) is 7. The van der Waals surface area contributed by atoms with Crippen LogP contribution < -0.4 is 34.5 Å². The van der Waals surface area contributed by atoms with Crippen molar-refractivity contribution in [2.24, 2.45) is 0 Å². The molecule has 5 rings (SSSR count). The van der Waals surface area contributed by atoms with Crippen molar-refractivity contribution < 1.29 is 29.0 Å². The Morgan fingerprint density at radius 1 is 1.21 bits per heavy atom. The van der Waals surface area contributed by atoms with Crippen molar-refractivity contribution in [1.82, 2.24) is 9.55 Å². The lowest BCUT2D eigenvalue weighted by atomic mass is 9.87. The number of aromatic nitrogens is 2. The van der Waals surface area contributed by atoms with E-state index in [1.165, 1.54) is 11.7 Å². The summed E-state index contributed by atoms with van der Waals surface area (Å²) >= 11 is 5.38. The molecule has 0 bridgehead atoms. The molecule has 0 radical (unpaired) electrons. The molecule has 172 valence electrons. The summed E-state index contributed by atoms with van der Waals surface area (Å²) in [5.41, 5.74) is 1.71. The predicted molar refractivity (Wildman–Crippen MR) is 120 cm³/mol. The van der Waals surface area contributed by atoms with Crippen molar-refractivity contribution in [2.45, 2.75) is 12.5 Å². The number of H-pyrrole nitrogens is 1. The van der Waals surface area contributed by atoms with Gasteiger partial charge in [-0.2, -0.15) is 0 Å². The SMILES string of the molecule is COc1ccccc1-n1c([O-])c([C@H]2c3c(cc4c(c3OC)OCO4)CC[NH+]2C)c(=O)[nH]c1=S. The monoisotopic (exact) mass is 469 g/mol. The van der Waals surface area contributed by atoms with E-state index in [0.29, 0.717) is 35.2 Å². The van der Waals surface area contributed by atoms with Gasteiger partial charge in [-0.1, -0.05) is 12.1 Å². The molecule has 2 aliphatic heterocycles. The van der Waals surface area contributed by atoms with Crippen LogP contribution in [0.25, 0.3) is 5.69 Å². The number of nitrogens with one attached hydrogen (secondary N) is 2. The highest BCUT2D eigenvalue weighted by atomic mass is 32.1. The van der Waals surface area contributed by atoms with Crippen LogP contribution in [0.1, 0.15) is 22.7 Å². The van der Waals surface area contributed by atoms with E-state index in [1.54, 1.807) is 31.4 Å². The molecule has 2 aromatic carbocycles. The van der Waals surface area contributed by atoms with E-state index in [9.17, 15) is 9.90 Å². The van der Waals surface area contributed by atoms with Gasteiger partial charge < -0.3 is 29.0 Å². The Bertz CT molecular complexity index is 1370. The second-order valence-corrected chi connectivity index (χ2v) is 8.37. The standard InChI is InChI=1S/C23H23N3O6S/c1-25-9-8-12-10-15-19(32-11-31-15)20(30-3)16(12)18(25)17-21(27)24-23(33)26(22(17)28)13-6-4-5-7-14(13)29-2/h4-7,10,18,28H,8-9,11H2,1-3H3,(H,24,27,33)/t18-/m1/s1. The Kier molecular flexibility index (Phi) is 5.26. The molecule has 0 amide bonds. The Hall–Kier alpha value is -3.50. The minimum Gasteiger partial charge on any atom is -0.859 e. The van der Waals surface area contributed by atoms with E-state index < -0.39 is 17.5 Å². The number of aromatic amines is 1. The van der Waals surface area contributed by atoms with Gasteiger partial charge in [0.2, 0.25) is 12.5 Å². The summed E-state index contributed by atoms with van der Waals surface area (Å²) in [6.45, 7) is 0.803. The molecule has 0 saturated heterocycles. The molecule has 1 aromatic heterocycles. The first-order chi connectivity index (χ1) is 16.0. The third-order valence-electron chi connectivity index (χ3n) is 6.23. The van der Waals surface area contributed by atoms with Crippen LogP contribution in [0.2, 0.25) is 0 Å². The molecular weight excluding hydrogens is 446 g/mol. The number of quaternary nitrogens is 1. The fraction of sp³-hybridized carbons (Fsp3) is 0.304. The number of para-hydroxylation sites is 2. The van der Waals surface area contributed by atoms with Gasteiger partial charge in [-0.05, 0) is 41.9 Å². The predicted octanol–water partition coefficient (Wildman–Crippen LogP) is 0.875. The number of nitrogens with zero attached hydrogens (tertiary/aromatic N) is 1. The first-order valence-corrected chi connectivity index (χ1v) is 10.9. The van der Waals surface area contributed by atoms with Gasteiger partial charge in [-0.15, -0.1) is 0 Å². The van der Waals surface area contributed by atoms with E-state index >= 15 is 0 Å². The van der Waals surface area contributed by atoms with Gasteiger partial charge in [-0.25, -0.2) is 0 Å². The van der Waals surface area contributed by atoms with Gasteiger partial charge in [0.15, 0.2) is 16.3 Å². The highest BCUT2D eigenvalue weighted by Crippen LogP contribution is 2.48. The zero-order valence-electron chi connectivity index (χ0n) is 18.4. The quantitative estimate of drug-likeness (QED) is 0.547. The van der Waals surface area contributed by atoms with Crippen molar-refractivity contribution in [3.8, 4) is 34.6 Å². The zero-order valence-corrected chi connectivity index (χ0v) is 19.2. The van der Waals surface area contributed by atoms with Crippen LogP contribution in [0.15, 0.2) is 35.1 Å². The molecule has 0 aliphatic carbocycles. The highest BCUT2D eigenvalue weighted by Gasteiger charge is 2.39. The van der Waals surface area contributed by atoms with Crippen LogP contribution in [0, 0.1) is 4.77 Å². The molecule has 3 heterocycles. The molecule has 2 aliphatic rings. The van der Waals surface area contributed by atoms with Crippen LogP contribution in [0.5, 0.6) is 28.9 Å². The average molecular weight is 470 g/mol. The van der Waals surface area contributed by atoms with Crippen LogP contribution in [-0.4, -0.2) is 44.2 Å². The first kappa shape index (κ1) is 21.4. The van der Waals surface area contributed by atoms with Gasteiger partial charge in [0.25, 0.3) is 5.56 Å². The smallest absolute Gasteiger partial charge is 0.260 e.